The summed E-state index contributed by atoms with van der Waals surface area (Å²) < 4.78 is 10.5. The molecule has 0 radical (unpaired) electrons. The third-order valence-electron chi connectivity index (χ3n) is 4.45. The molecule has 10 heteroatoms. The summed E-state index contributed by atoms with van der Waals surface area (Å²) in [5, 5.41) is 15.5. The van der Waals surface area contributed by atoms with Gasteiger partial charge < -0.3 is 9.47 Å². The van der Waals surface area contributed by atoms with Crippen molar-refractivity contribution < 1.29 is 24.0 Å². The Balaban J connectivity index is 1.51. The van der Waals surface area contributed by atoms with Gasteiger partial charge in [0.2, 0.25) is 0 Å². The largest absolute Gasteiger partial charge is 0.482 e. The molecular weight excluding hydrogens is 434 g/mol. The van der Waals surface area contributed by atoms with Gasteiger partial charge >= 0.3 is 5.97 Å². The van der Waals surface area contributed by atoms with E-state index in [2.05, 4.69) is 10.3 Å². The number of nitro benzene ring substituents is 1. The number of nitrogens with one attached hydrogen (secondary N) is 1. The summed E-state index contributed by atoms with van der Waals surface area (Å²) in [6.07, 6.45) is -0.153. The van der Waals surface area contributed by atoms with Gasteiger partial charge in [0.15, 0.2) is 17.8 Å². The lowest BCUT2D eigenvalue weighted by atomic mass is 10.1. The standard InChI is InChI=1S/C22H21N3O6S/c1-3-15-7-9-18(10-8-15)30-12-20(26)31-14(2)21(27)24-22-23-19(13-32-22)16-5-4-6-17(11-16)25(28)29/h4-11,13-14H,3,12H2,1-2H3,(H,23,24,27). The van der Waals surface area contributed by atoms with Crippen LogP contribution in [0.15, 0.2) is 53.9 Å². The van der Waals surface area contributed by atoms with E-state index in [4.69, 9.17) is 9.47 Å². The highest BCUT2D eigenvalue weighted by atomic mass is 32.1. The molecule has 1 atom stereocenters. The first kappa shape index (κ1) is 22.9. The number of hydrogen-bond donors (Lipinski definition) is 1. The summed E-state index contributed by atoms with van der Waals surface area (Å²) in [6, 6.07) is 13.4. The minimum atomic E-state index is -1.06. The number of thiazole rings is 1. The number of ether oxygens (including phenoxy) is 2. The highest BCUT2D eigenvalue weighted by Gasteiger charge is 2.20. The second kappa shape index (κ2) is 10.5. The maximum absolute atomic E-state index is 12.3. The zero-order chi connectivity index (χ0) is 23.1. The van der Waals surface area contributed by atoms with Gasteiger partial charge in [0.25, 0.3) is 11.6 Å². The van der Waals surface area contributed by atoms with Gasteiger partial charge in [0, 0.05) is 23.1 Å². The molecule has 1 heterocycles. The summed E-state index contributed by atoms with van der Waals surface area (Å²) in [7, 11) is 0. The van der Waals surface area contributed by atoms with Crippen LogP contribution in [0.5, 0.6) is 5.75 Å². The SMILES string of the molecule is CCc1ccc(OCC(=O)OC(C)C(=O)Nc2nc(-c3cccc([N+](=O)[O-])c3)cs2)cc1. The minimum absolute atomic E-state index is 0.0508. The number of rotatable bonds is 9. The van der Waals surface area contributed by atoms with Gasteiger partial charge in [-0.25, -0.2) is 9.78 Å². The van der Waals surface area contributed by atoms with Gasteiger partial charge in [-0.05, 0) is 31.0 Å². The molecular formula is C22H21N3O6S. The van der Waals surface area contributed by atoms with E-state index >= 15 is 0 Å². The van der Waals surface area contributed by atoms with Gasteiger partial charge in [-0.15, -0.1) is 11.3 Å². The van der Waals surface area contributed by atoms with Crippen molar-refractivity contribution in [3.05, 3.63) is 69.6 Å². The van der Waals surface area contributed by atoms with Crippen LogP contribution in [0.1, 0.15) is 19.4 Å². The Labute approximate surface area is 188 Å². The number of nitro groups is 1. The molecule has 9 nitrogen and oxygen atoms in total. The van der Waals surface area contributed by atoms with Crippen molar-refractivity contribution in [2.45, 2.75) is 26.4 Å². The molecule has 3 rings (SSSR count). The molecule has 1 unspecified atom stereocenters. The summed E-state index contributed by atoms with van der Waals surface area (Å²) in [4.78, 5) is 39.0. The van der Waals surface area contributed by atoms with Crippen molar-refractivity contribution >= 4 is 34.0 Å². The van der Waals surface area contributed by atoms with Gasteiger partial charge in [0.1, 0.15) is 5.75 Å². The van der Waals surface area contributed by atoms with Crippen molar-refractivity contribution in [3.63, 3.8) is 0 Å². The molecule has 32 heavy (non-hydrogen) atoms. The molecule has 166 valence electrons. The number of esters is 1. The Morgan fingerprint density at radius 1 is 1.22 bits per heavy atom. The van der Waals surface area contributed by atoms with Crippen molar-refractivity contribution in [2.75, 3.05) is 11.9 Å². The van der Waals surface area contributed by atoms with Crippen LogP contribution >= 0.6 is 11.3 Å². The molecule has 0 spiro atoms. The number of benzene rings is 2. The quantitative estimate of drug-likeness (QED) is 0.291. The Bertz CT molecular complexity index is 1110. The van der Waals surface area contributed by atoms with Crippen molar-refractivity contribution in [1.29, 1.82) is 0 Å². The first-order valence-electron chi connectivity index (χ1n) is 9.78. The molecule has 0 fully saturated rings. The average Bonchev–Trinajstić information content (AvgIpc) is 3.26. The normalized spacial score (nSPS) is 11.4. The second-order valence-corrected chi connectivity index (χ2v) is 7.61. The van der Waals surface area contributed by atoms with Crippen LogP contribution in [0, 0.1) is 10.1 Å². The summed E-state index contributed by atoms with van der Waals surface area (Å²) in [5.41, 5.74) is 2.15. The topological polar surface area (TPSA) is 121 Å². The summed E-state index contributed by atoms with van der Waals surface area (Å²) >= 11 is 1.16. The van der Waals surface area contributed by atoms with Crippen LogP contribution in [-0.2, 0) is 20.7 Å². The molecule has 0 saturated carbocycles. The van der Waals surface area contributed by atoms with E-state index in [1.165, 1.54) is 19.1 Å². The van der Waals surface area contributed by atoms with E-state index in [0.29, 0.717) is 17.0 Å². The van der Waals surface area contributed by atoms with Crippen LogP contribution in [0.4, 0.5) is 10.8 Å². The van der Waals surface area contributed by atoms with Gasteiger partial charge in [-0.3, -0.25) is 20.2 Å². The van der Waals surface area contributed by atoms with E-state index in [1.54, 1.807) is 29.6 Å². The number of hydrogen-bond acceptors (Lipinski definition) is 8. The van der Waals surface area contributed by atoms with E-state index in [0.717, 1.165) is 23.3 Å². The van der Waals surface area contributed by atoms with Crippen LogP contribution in [0.25, 0.3) is 11.3 Å². The molecule has 1 amide bonds. The number of aryl methyl sites for hydroxylation is 1. The van der Waals surface area contributed by atoms with Crippen molar-refractivity contribution in [1.82, 2.24) is 4.98 Å². The Hall–Kier alpha value is -3.79. The fourth-order valence-electron chi connectivity index (χ4n) is 2.70. The average molecular weight is 455 g/mol. The number of anilines is 1. The fourth-order valence-corrected chi connectivity index (χ4v) is 3.42. The molecule has 0 aliphatic heterocycles. The van der Waals surface area contributed by atoms with Gasteiger partial charge in [0.05, 0.1) is 10.6 Å². The first-order valence-corrected chi connectivity index (χ1v) is 10.7. The molecule has 0 bridgehead atoms. The fraction of sp³-hybridized carbons (Fsp3) is 0.227. The third-order valence-corrected chi connectivity index (χ3v) is 5.21. The molecule has 0 saturated heterocycles. The molecule has 0 aliphatic carbocycles. The van der Waals surface area contributed by atoms with Crippen molar-refractivity contribution in [2.24, 2.45) is 0 Å². The highest BCUT2D eigenvalue weighted by Crippen LogP contribution is 2.27. The Morgan fingerprint density at radius 3 is 2.66 bits per heavy atom. The van der Waals surface area contributed by atoms with E-state index < -0.39 is 22.9 Å². The minimum Gasteiger partial charge on any atom is -0.482 e. The van der Waals surface area contributed by atoms with Crippen molar-refractivity contribution in [3.8, 4) is 17.0 Å². The summed E-state index contributed by atoms with van der Waals surface area (Å²) in [5.74, 6) is -0.693. The first-order chi connectivity index (χ1) is 15.4. The van der Waals surface area contributed by atoms with Crippen LogP contribution in [0.3, 0.4) is 0 Å². The molecule has 3 aromatic rings. The number of nitrogens with zero attached hydrogens (tertiary/aromatic N) is 2. The van der Waals surface area contributed by atoms with E-state index in [1.807, 2.05) is 19.1 Å². The van der Waals surface area contributed by atoms with E-state index in [-0.39, 0.29) is 17.4 Å². The van der Waals surface area contributed by atoms with Crippen LogP contribution < -0.4 is 10.1 Å². The smallest absolute Gasteiger partial charge is 0.344 e. The maximum Gasteiger partial charge on any atom is 0.344 e. The molecule has 2 aromatic carbocycles. The zero-order valence-corrected chi connectivity index (χ0v) is 18.3. The molecule has 0 aliphatic rings. The number of non-ortho nitro benzene ring substituents is 1. The van der Waals surface area contributed by atoms with Gasteiger partial charge in [-0.2, -0.15) is 0 Å². The number of carbonyl (C=O) groups excluding carboxylic acids is 2. The van der Waals surface area contributed by atoms with Gasteiger partial charge in [-0.1, -0.05) is 31.2 Å². The zero-order valence-electron chi connectivity index (χ0n) is 17.4. The number of amides is 1. The maximum atomic E-state index is 12.3. The van der Waals surface area contributed by atoms with E-state index in [9.17, 15) is 19.7 Å². The molecule has 1 aromatic heterocycles. The highest BCUT2D eigenvalue weighted by molar-refractivity contribution is 7.14. The Kier molecular flexibility index (Phi) is 7.50. The lowest BCUT2D eigenvalue weighted by Crippen LogP contribution is -2.31. The predicted molar refractivity (Wildman–Crippen MR) is 120 cm³/mol. The lowest BCUT2D eigenvalue weighted by molar-refractivity contribution is -0.384. The van der Waals surface area contributed by atoms with Crippen LogP contribution in [-0.4, -0.2) is 34.5 Å². The Morgan fingerprint density at radius 2 is 1.97 bits per heavy atom. The third kappa shape index (κ3) is 6.11. The summed E-state index contributed by atoms with van der Waals surface area (Å²) in [6.45, 7) is 3.16. The number of carbonyl (C=O) groups is 2. The number of aromatic nitrogens is 1. The lowest BCUT2D eigenvalue weighted by Gasteiger charge is -2.13. The monoisotopic (exact) mass is 455 g/mol. The molecule has 1 N–H and O–H groups in total. The second-order valence-electron chi connectivity index (χ2n) is 6.75. The predicted octanol–water partition coefficient (Wildman–Crippen LogP) is 4.23. The van der Waals surface area contributed by atoms with Crippen LogP contribution in [0.2, 0.25) is 0 Å².